The van der Waals surface area contributed by atoms with Gasteiger partial charge in [0, 0.05) is 5.69 Å². The van der Waals surface area contributed by atoms with E-state index in [0.717, 1.165) is 17.2 Å². The highest BCUT2D eigenvalue weighted by atomic mass is 16.7. The molecule has 0 saturated heterocycles. The summed E-state index contributed by atoms with van der Waals surface area (Å²) in [5.41, 5.74) is 0.973. The maximum absolute atomic E-state index is 5.58. The lowest BCUT2D eigenvalue weighted by atomic mass is 10.3. The number of hydrogen-bond acceptors (Lipinski definition) is 3. The van der Waals surface area contributed by atoms with Crippen LogP contribution in [0, 0.1) is 0 Å². The molecule has 0 radical (unpaired) electrons. The molecule has 0 saturated carbocycles. The fraction of sp³-hybridized carbons (Fsp3) is 0.0769. The Morgan fingerprint density at radius 2 is 1.31 bits per heavy atom. The zero-order valence-electron chi connectivity index (χ0n) is 8.59. The van der Waals surface area contributed by atoms with E-state index in [4.69, 9.17) is 9.47 Å². The Bertz CT molecular complexity index is 459. The van der Waals surface area contributed by atoms with Crippen molar-refractivity contribution < 1.29 is 9.47 Å². The van der Waals surface area contributed by atoms with Gasteiger partial charge in [-0.1, -0.05) is 30.3 Å². The molecule has 1 N–H and O–H groups in total. The summed E-state index contributed by atoms with van der Waals surface area (Å²) in [5, 5.41) is 3.14. The highest BCUT2D eigenvalue weighted by Crippen LogP contribution is 2.33. The number of nitrogens with one attached hydrogen (secondary N) is 1. The fourth-order valence-corrected chi connectivity index (χ4v) is 1.63. The first-order valence-electron chi connectivity index (χ1n) is 5.16. The number of rotatable bonds is 2. The van der Waals surface area contributed by atoms with Crippen molar-refractivity contribution in [1.29, 1.82) is 0 Å². The quantitative estimate of drug-likeness (QED) is 0.832. The van der Waals surface area contributed by atoms with Crippen molar-refractivity contribution in [2.24, 2.45) is 0 Å². The van der Waals surface area contributed by atoms with Gasteiger partial charge in [0.1, 0.15) is 0 Å². The normalized spacial score (nSPS) is 13.8. The number of para-hydroxylation sites is 3. The summed E-state index contributed by atoms with van der Waals surface area (Å²) in [4.78, 5) is 0. The smallest absolute Gasteiger partial charge is 0.325 e. The standard InChI is InChI=1S/C13H11NO2/c1-2-6-10(7-3-1)14-13-15-11-8-4-5-9-12(11)16-13/h1-9,13-14H. The maximum Gasteiger partial charge on any atom is 0.325 e. The monoisotopic (exact) mass is 213 g/mol. The van der Waals surface area contributed by atoms with E-state index in [2.05, 4.69) is 5.32 Å². The van der Waals surface area contributed by atoms with Gasteiger partial charge in [0.25, 0.3) is 0 Å². The molecule has 1 heterocycles. The highest BCUT2D eigenvalue weighted by Gasteiger charge is 2.22. The van der Waals surface area contributed by atoms with Crippen LogP contribution >= 0.6 is 0 Å². The number of anilines is 1. The number of benzene rings is 2. The topological polar surface area (TPSA) is 30.5 Å². The van der Waals surface area contributed by atoms with Gasteiger partial charge in [-0.05, 0) is 24.3 Å². The Hall–Kier alpha value is -2.16. The van der Waals surface area contributed by atoms with E-state index in [1.54, 1.807) is 0 Å². The molecule has 0 aromatic heterocycles. The summed E-state index contributed by atoms with van der Waals surface area (Å²) in [6.45, 7) is 0. The zero-order chi connectivity index (χ0) is 10.8. The van der Waals surface area contributed by atoms with Crippen LogP contribution in [0.4, 0.5) is 5.69 Å². The number of ether oxygens (including phenoxy) is 2. The Morgan fingerprint density at radius 3 is 1.94 bits per heavy atom. The molecule has 1 aliphatic rings. The summed E-state index contributed by atoms with van der Waals surface area (Å²) >= 11 is 0. The second-order valence-corrected chi connectivity index (χ2v) is 3.52. The van der Waals surface area contributed by atoms with Crippen LogP contribution in [0.5, 0.6) is 11.5 Å². The summed E-state index contributed by atoms with van der Waals surface area (Å²) in [5.74, 6) is 1.55. The summed E-state index contributed by atoms with van der Waals surface area (Å²) in [6.07, 6.45) is -0.445. The Balaban J connectivity index is 1.73. The third kappa shape index (κ3) is 1.67. The van der Waals surface area contributed by atoms with Gasteiger partial charge in [-0.2, -0.15) is 0 Å². The van der Waals surface area contributed by atoms with Crippen LogP contribution < -0.4 is 14.8 Å². The van der Waals surface area contributed by atoms with Gasteiger partial charge in [0.15, 0.2) is 11.5 Å². The van der Waals surface area contributed by atoms with Crippen LogP contribution in [0.25, 0.3) is 0 Å². The molecule has 80 valence electrons. The van der Waals surface area contributed by atoms with E-state index < -0.39 is 6.41 Å². The SMILES string of the molecule is c1ccc(NC2Oc3ccccc3O2)cc1. The van der Waals surface area contributed by atoms with Gasteiger partial charge >= 0.3 is 6.41 Å². The lowest BCUT2D eigenvalue weighted by molar-refractivity contribution is 0.0765. The molecule has 0 bridgehead atoms. The van der Waals surface area contributed by atoms with Crippen LogP contribution in [-0.4, -0.2) is 6.41 Å². The second-order valence-electron chi connectivity index (χ2n) is 3.52. The lowest BCUT2D eigenvalue weighted by Gasteiger charge is -2.12. The maximum atomic E-state index is 5.58. The van der Waals surface area contributed by atoms with Crippen LogP contribution in [0.1, 0.15) is 0 Å². The second kappa shape index (κ2) is 3.77. The molecule has 0 amide bonds. The first-order valence-corrected chi connectivity index (χ1v) is 5.16. The molecule has 2 aromatic carbocycles. The third-order valence-corrected chi connectivity index (χ3v) is 2.38. The van der Waals surface area contributed by atoms with E-state index in [9.17, 15) is 0 Å². The minimum atomic E-state index is -0.445. The van der Waals surface area contributed by atoms with E-state index in [1.165, 1.54) is 0 Å². The van der Waals surface area contributed by atoms with E-state index in [1.807, 2.05) is 54.6 Å². The van der Waals surface area contributed by atoms with Gasteiger partial charge in [-0.3, -0.25) is 0 Å². The van der Waals surface area contributed by atoms with Crippen molar-refractivity contribution >= 4 is 5.69 Å². The predicted octanol–water partition coefficient (Wildman–Crippen LogP) is 2.85. The largest absolute Gasteiger partial charge is 0.433 e. The van der Waals surface area contributed by atoms with E-state index in [0.29, 0.717) is 0 Å². The highest BCUT2D eigenvalue weighted by molar-refractivity contribution is 5.46. The molecule has 3 rings (SSSR count). The molecule has 3 heteroatoms. The summed E-state index contributed by atoms with van der Waals surface area (Å²) < 4.78 is 11.2. The number of hydrogen-bond donors (Lipinski definition) is 1. The summed E-state index contributed by atoms with van der Waals surface area (Å²) in [6, 6.07) is 17.5. The van der Waals surface area contributed by atoms with Crippen molar-refractivity contribution in [2.75, 3.05) is 5.32 Å². The zero-order valence-corrected chi connectivity index (χ0v) is 8.59. The molecule has 0 aliphatic carbocycles. The Kier molecular flexibility index (Phi) is 2.14. The Labute approximate surface area is 93.6 Å². The van der Waals surface area contributed by atoms with Gasteiger partial charge in [0.2, 0.25) is 0 Å². The van der Waals surface area contributed by atoms with Gasteiger partial charge in [-0.15, -0.1) is 0 Å². The average molecular weight is 213 g/mol. The van der Waals surface area contributed by atoms with Crippen molar-refractivity contribution in [2.45, 2.75) is 6.41 Å². The van der Waals surface area contributed by atoms with Crippen LogP contribution in [0.2, 0.25) is 0 Å². The third-order valence-electron chi connectivity index (χ3n) is 2.38. The van der Waals surface area contributed by atoms with Crippen molar-refractivity contribution in [1.82, 2.24) is 0 Å². The molecular formula is C13H11NO2. The molecule has 1 aliphatic heterocycles. The molecule has 0 unspecified atom stereocenters. The van der Waals surface area contributed by atoms with E-state index >= 15 is 0 Å². The van der Waals surface area contributed by atoms with Crippen molar-refractivity contribution in [3.63, 3.8) is 0 Å². The Morgan fingerprint density at radius 1 is 0.750 bits per heavy atom. The first kappa shape index (κ1) is 9.09. The van der Waals surface area contributed by atoms with Crippen LogP contribution in [-0.2, 0) is 0 Å². The average Bonchev–Trinajstić information content (AvgIpc) is 2.72. The van der Waals surface area contributed by atoms with Gasteiger partial charge in [0.05, 0.1) is 0 Å². The minimum absolute atomic E-state index is 0.445. The van der Waals surface area contributed by atoms with Gasteiger partial charge < -0.3 is 14.8 Å². The van der Waals surface area contributed by atoms with Gasteiger partial charge in [-0.25, -0.2) is 0 Å². The molecule has 0 fully saturated rings. The molecular weight excluding hydrogens is 202 g/mol. The van der Waals surface area contributed by atoms with E-state index in [-0.39, 0.29) is 0 Å². The van der Waals surface area contributed by atoms with Crippen molar-refractivity contribution in [3.8, 4) is 11.5 Å². The lowest BCUT2D eigenvalue weighted by Crippen LogP contribution is -2.27. The minimum Gasteiger partial charge on any atom is -0.433 e. The fourth-order valence-electron chi connectivity index (χ4n) is 1.63. The first-order chi connectivity index (χ1) is 7.92. The summed E-state index contributed by atoms with van der Waals surface area (Å²) in [7, 11) is 0. The van der Waals surface area contributed by atoms with Crippen LogP contribution in [0.3, 0.4) is 0 Å². The predicted molar refractivity (Wildman–Crippen MR) is 61.6 cm³/mol. The van der Waals surface area contributed by atoms with Crippen molar-refractivity contribution in [3.05, 3.63) is 54.6 Å². The van der Waals surface area contributed by atoms with Crippen LogP contribution in [0.15, 0.2) is 54.6 Å². The molecule has 2 aromatic rings. The molecule has 16 heavy (non-hydrogen) atoms. The number of fused-ring (bicyclic) bond motifs is 1. The molecule has 0 atom stereocenters. The molecule has 3 nitrogen and oxygen atoms in total. The molecule has 0 spiro atoms.